The third-order valence-corrected chi connectivity index (χ3v) is 37.1. The average molecular weight is 815 g/mol. The second-order valence-electron chi connectivity index (χ2n) is 15.7. The predicted molar refractivity (Wildman–Crippen MR) is 212 cm³/mol. The highest BCUT2D eigenvalue weighted by Gasteiger charge is 2.52. The van der Waals surface area contributed by atoms with Crippen molar-refractivity contribution >= 4 is 68.0 Å². The first-order valence-electron chi connectivity index (χ1n) is 16.6. The van der Waals surface area contributed by atoms with Crippen LogP contribution in [-0.2, 0) is 28.8 Å². The van der Waals surface area contributed by atoms with Gasteiger partial charge < -0.3 is 28.8 Å². The molecule has 0 radical (unpaired) electrons. The summed E-state index contributed by atoms with van der Waals surface area (Å²) >= 11 is 0. The highest BCUT2D eigenvalue weighted by molar-refractivity contribution is 6.93. The number of hydrogen-bond acceptors (Lipinski definition) is 10. The van der Waals surface area contributed by atoms with E-state index in [0.717, 1.165) is 0 Å². The van der Waals surface area contributed by atoms with E-state index in [9.17, 15) is 0 Å². The van der Waals surface area contributed by atoms with E-state index in [4.69, 9.17) is 45.4 Å². The van der Waals surface area contributed by atoms with Gasteiger partial charge in [-0.3, -0.25) is 0 Å². The molecule has 0 fully saturated rings. The highest BCUT2D eigenvalue weighted by Crippen LogP contribution is 2.35. The minimum atomic E-state index is -3.09. The maximum atomic E-state index is 8.93. The standard InChI is InChI=1S/C24H63N9O7Si8/c1-41(2,3)34-43(7,8)36-44(9,10)37-45(11,12)38-47(14,23-17-20-29-32-26)40-48(15,24-18-21-30-33-27)39-46(13,35-42(4,5)6)22-16-19-28-31-25/h16-24H2,1-15H3. The Morgan fingerprint density at radius 2 is 0.646 bits per heavy atom. The van der Waals surface area contributed by atoms with Gasteiger partial charge in [-0.2, -0.15) is 0 Å². The fourth-order valence-electron chi connectivity index (χ4n) is 5.98. The Morgan fingerprint density at radius 1 is 0.375 bits per heavy atom. The van der Waals surface area contributed by atoms with Gasteiger partial charge in [-0.1, -0.05) is 15.3 Å². The Morgan fingerprint density at radius 3 is 0.958 bits per heavy atom. The first-order chi connectivity index (χ1) is 21.6. The number of rotatable bonds is 26. The lowest BCUT2D eigenvalue weighted by molar-refractivity contribution is 0.255. The smallest absolute Gasteiger partial charge is 0.317 e. The molecule has 0 aliphatic rings. The molecule has 0 heterocycles. The zero-order chi connectivity index (χ0) is 37.6. The summed E-state index contributed by atoms with van der Waals surface area (Å²) in [7, 11) is -21.0. The van der Waals surface area contributed by atoms with Crippen molar-refractivity contribution in [1.82, 2.24) is 0 Å². The van der Waals surface area contributed by atoms with Crippen molar-refractivity contribution in [3.8, 4) is 0 Å². The molecule has 24 heteroatoms. The maximum absolute atomic E-state index is 8.93. The first kappa shape index (κ1) is 47.4. The molecule has 0 aromatic heterocycles. The summed E-state index contributed by atoms with van der Waals surface area (Å²) in [6.07, 6.45) is 1.79. The quantitative estimate of drug-likeness (QED) is 0.0271. The van der Waals surface area contributed by atoms with Crippen molar-refractivity contribution in [3.63, 3.8) is 0 Å². The fraction of sp³-hybridized carbons (Fsp3) is 1.00. The van der Waals surface area contributed by atoms with Crippen LogP contribution in [0.5, 0.6) is 0 Å². The summed E-state index contributed by atoms with van der Waals surface area (Å²) in [6.45, 7) is 32.2. The molecule has 0 amide bonds. The van der Waals surface area contributed by atoms with Gasteiger partial charge in [0, 0.05) is 34.4 Å². The summed E-state index contributed by atoms with van der Waals surface area (Å²) < 4.78 is 48.1. The van der Waals surface area contributed by atoms with Crippen LogP contribution >= 0.6 is 0 Å². The Balaban J connectivity index is 6.63. The van der Waals surface area contributed by atoms with Crippen molar-refractivity contribution in [3.05, 3.63) is 31.3 Å². The molecule has 3 unspecified atom stereocenters. The van der Waals surface area contributed by atoms with Crippen LogP contribution in [0.15, 0.2) is 15.3 Å². The Kier molecular flexibility index (Phi) is 19.6. The van der Waals surface area contributed by atoms with Crippen LogP contribution in [-0.4, -0.2) is 87.6 Å². The van der Waals surface area contributed by atoms with E-state index < -0.39 is 68.0 Å². The van der Waals surface area contributed by atoms with E-state index in [1.165, 1.54) is 0 Å². The second kappa shape index (κ2) is 19.8. The van der Waals surface area contributed by atoms with Gasteiger partial charge in [-0.05, 0) is 152 Å². The molecule has 0 aliphatic heterocycles. The monoisotopic (exact) mass is 813 g/mol. The maximum Gasteiger partial charge on any atom is 0.317 e. The average Bonchev–Trinajstić information content (AvgIpc) is 2.82. The summed E-state index contributed by atoms with van der Waals surface area (Å²) in [5.74, 6) is 0. The van der Waals surface area contributed by atoms with Crippen molar-refractivity contribution in [2.24, 2.45) is 15.3 Å². The second-order valence-corrected chi connectivity index (χ2v) is 46.6. The molecule has 0 N–H and O–H groups in total. The van der Waals surface area contributed by atoms with Crippen LogP contribution in [0.2, 0.25) is 116 Å². The molecular formula is C24H63N9O7Si8. The molecule has 0 aromatic carbocycles. The SMILES string of the molecule is C[Si](C)(C)O[Si](C)(C)O[Si](C)(C)O[Si](C)(C)O[Si](C)(CCCN=[N+]=[N-])O[Si](C)(CCCN=[N+]=[N-])O[Si](C)(CCCN=[N+]=[N-])O[Si](C)(C)C. The molecule has 16 nitrogen and oxygen atoms in total. The predicted octanol–water partition coefficient (Wildman–Crippen LogP) is 10.2. The molecule has 3 atom stereocenters. The Labute approximate surface area is 297 Å². The van der Waals surface area contributed by atoms with Gasteiger partial charge in [0.15, 0.2) is 16.6 Å². The van der Waals surface area contributed by atoms with E-state index in [0.29, 0.717) is 57.0 Å². The van der Waals surface area contributed by atoms with Crippen molar-refractivity contribution in [2.75, 3.05) is 19.6 Å². The number of azide groups is 3. The van der Waals surface area contributed by atoms with E-state index >= 15 is 0 Å². The normalized spacial score (nSPS) is 16.8. The van der Waals surface area contributed by atoms with Gasteiger partial charge in [-0.25, -0.2) is 0 Å². The van der Waals surface area contributed by atoms with Crippen molar-refractivity contribution in [2.45, 2.75) is 136 Å². The molecule has 0 aliphatic carbocycles. The van der Waals surface area contributed by atoms with E-state index in [-0.39, 0.29) is 0 Å². The van der Waals surface area contributed by atoms with Crippen LogP contribution in [0.3, 0.4) is 0 Å². The van der Waals surface area contributed by atoms with E-state index in [1.807, 2.05) is 39.3 Å². The van der Waals surface area contributed by atoms with Crippen LogP contribution in [0.4, 0.5) is 0 Å². The van der Waals surface area contributed by atoms with E-state index in [2.05, 4.69) is 89.0 Å². The zero-order valence-corrected chi connectivity index (χ0v) is 40.2. The Bertz CT molecular complexity index is 1160. The molecule has 0 bridgehead atoms. The molecule has 0 rings (SSSR count). The largest absolute Gasteiger partial charge is 0.437 e. The molecule has 0 spiro atoms. The lowest BCUT2D eigenvalue weighted by Crippen LogP contribution is -2.63. The minimum absolute atomic E-state index is 0.311. The lowest BCUT2D eigenvalue weighted by Gasteiger charge is -2.46. The van der Waals surface area contributed by atoms with Gasteiger partial charge in [0.2, 0.25) is 0 Å². The van der Waals surface area contributed by atoms with Crippen LogP contribution in [0.1, 0.15) is 19.3 Å². The van der Waals surface area contributed by atoms with Gasteiger partial charge in [0.1, 0.15) is 0 Å². The summed E-state index contributed by atoms with van der Waals surface area (Å²) in [4.78, 5) is 8.75. The first-order valence-corrected chi connectivity index (χ1v) is 39.4. The van der Waals surface area contributed by atoms with Crippen molar-refractivity contribution < 1.29 is 28.8 Å². The Hall–Kier alpha value is -0.615. The number of hydrogen-bond donors (Lipinski definition) is 0. The molecule has 0 aromatic rings. The highest BCUT2D eigenvalue weighted by atomic mass is 28.5. The van der Waals surface area contributed by atoms with Gasteiger partial charge in [0.25, 0.3) is 0 Å². The third-order valence-electron chi connectivity index (χ3n) is 6.24. The molecule has 0 saturated heterocycles. The lowest BCUT2D eigenvalue weighted by atomic mass is 10.5. The minimum Gasteiger partial charge on any atom is -0.437 e. The molecule has 278 valence electrons. The zero-order valence-electron chi connectivity index (χ0n) is 32.2. The van der Waals surface area contributed by atoms with Gasteiger partial charge >= 0.3 is 51.4 Å². The topological polar surface area (TPSA) is 211 Å². The summed E-state index contributed by atoms with van der Waals surface area (Å²) in [5.41, 5.74) is 26.7. The van der Waals surface area contributed by atoms with Crippen LogP contribution in [0, 0.1) is 0 Å². The third kappa shape index (κ3) is 23.0. The summed E-state index contributed by atoms with van der Waals surface area (Å²) in [5, 5.41) is 11.2. The van der Waals surface area contributed by atoms with Gasteiger partial charge in [0.05, 0.1) is 0 Å². The van der Waals surface area contributed by atoms with Crippen LogP contribution in [0.25, 0.3) is 31.3 Å². The summed E-state index contributed by atoms with van der Waals surface area (Å²) in [6, 6.07) is 1.75. The van der Waals surface area contributed by atoms with Crippen molar-refractivity contribution in [1.29, 1.82) is 0 Å². The molecule has 48 heavy (non-hydrogen) atoms. The molecular weight excluding hydrogens is 751 g/mol. The number of nitrogens with zero attached hydrogens (tertiary/aromatic N) is 9. The van der Waals surface area contributed by atoms with Gasteiger partial charge in [-0.15, -0.1) is 0 Å². The molecule has 0 saturated carbocycles. The van der Waals surface area contributed by atoms with E-state index in [1.54, 1.807) is 0 Å². The van der Waals surface area contributed by atoms with Crippen LogP contribution < -0.4 is 0 Å². The fourth-order valence-corrected chi connectivity index (χ4v) is 46.1.